The van der Waals surface area contributed by atoms with Crippen molar-refractivity contribution in [1.29, 1.82) is 0 Å². The summed E-state index contributed by atoms with van der Waals surface area (Å²) in [5, 5.41) is 0. The first-order chi connectivity index (χ1) is 32.4. The van der Waals surface area contributed by atoms with Crippen LogP contribution >= 0.6 is 0 Å². The lowest BCUT2D eigenvalue weighted by atomic mass is 9.92. The van der Waals surface area contributed by atoms with Gasteiger partial charge in [0.15, 0.2) is 0 Å². The van der Waals surface area contributed by atoms with Gasteiger partial charge in [-0.2, -0.15) is 0 Å². The Morgan fingerprint density at radius 1 is 0.299 bits per heavy atom. The number of esters is 7. The number of ether oxygens (including phenoxy) is 7. The maximum atomic E-state index is 13.1. The molecule has 0 aliphatic carbocycles. The van der Waals surface area contributed by atoms with Crippen LogP contribution in [0.2, 0.25) is 0 Å². The van der Waals surface area contributed by atoms with Crippen LogP contribution in [0, 0.1) is 5.41 Å². The molecule has 390 valence electrons. The van der Waals surface area contributed by atoms with Gasteiger partial charge >= 0.3 is 41.8 Å². The van der Waals surface area contributed by atoms with Gasteiger partial charge in [-0.3, -0.25) is 33.6 Å². The van der Waals surface area contributed by atoms with Crippen molar-refractivity contribution in [3.05, 3.63) is 0 Å². The van der Waals surface area contributed by atoms with Crippen LogP contribution in [0.1, 0.15) is 219 Å². The number of unbranched alkanes of at least 4 members (excludes halogenated alkanes) is 21. The topological polar surface area (TPSA) is 187 Å². The summed E-state index contributed by atoms with van der Waals surface area (Å²) in [6.07, 6.45) is 24.9. The summed E-state index contributed by atoms with van der Waals surface area (Å²) in [5.41, 5.74) is -1.30. The van der Waals surface area contributed by atoms with Crippen LogP contribution in [0.3, 0.4) is 0 Å². The Labute approximate surface area is 404 Å². The lowest BCUT2D eigenvalue weighted by molar-refractivity contribution is -0.171. The average Bonchev–Trinajstić information content (AvgIpc) is 3.33. The highest BCUT2D eigenvalue weighted by atomic mass is 16.6. The van der Waals surface area contributed by atoms with Gasteiger partial charge in [-0.1, -0.05) is 129 Å². The Balaban J connectivity index is 5.46. The maximum absolute atomic E-state index is 13.1. The molecule has 0 saturated carbocycles. The predicted molar refractivity (Wildman–Crippen MR) is 258 cm³/mol. The van der Waals surface area contributed by atoms with Crippen LogP contribution in [0.5, 0.6) is 0 Å². The second kappa shape index (κ2) is 44.7. The Hall–Kier alpha value is -3.75. The van der Waals surface area contributed by atoms with E-state index in [-0.39, 0.29) is 70.0 Å². The molecule has 0 aliphatic heterocycles. The van der Waals surface area contributed by atoms with E-state index in [1.807, 2.05) is 0 Å². The molecule has 0 N–H and O–H groups in total. The van der Waals surface area contributed by atoms with Gasteiger partial charge in [0.05, 0.1) is 21.3 Å². The zero-order chi connectivity index (χ0) is 49.6. The minimum absolute atomic E-state index is 0.180. The molecule has 15 nitrogen and oxygen atoms in total. The molecule has 0 fully saturated rings. The van der Waals surface area contributed by atoms with Crippen molar-refractivity contribution >= 4 is 41.8 Å². The van der Waals surface area contributed by atoms with Crippen LogP contribution in [0.4, 0.5) is 0 Å². The van der Waals surface area contributed by atoms with Crippen LogP contribution < -0.4 is 0 Å². The van der Waals surface area contributed by atoms with E-state index in [4.69, 9.17) is 33.2 Å². The molecule has 0 aromatic rings. The van der Waals surface area contributed by atoms with E-state index >= 15 is 0 Å². The molecule has 0 aromatic carbocycles. The highest BCUT2D eigenvalue weighted by Gasteiger charge is 2.38. The smallest absolute Gasteiger partial charge is 0.305 e. The number of hydrogen-bond acceptors (Lipinski definition) is 15. The van der Waals surface area contributed by atoms with Gasteiger partial charge in [0.2, 0.25) is 0 Å². The summed E-state index contributed by atoms with van der Waals surface area (Å²) in [6, 6.07) is 0. The Bertz CT molecular complexity index is 1180. The lowest BCUT2D eigenvalue weighted by Gasteiger charge is -2.31. The number of carbonyl (C=O) groups is 7. The third kappa shape index (κ3) is 39.9. The number of rotatable bonds is 47. The first-order valence-electron chi connectivity index (χ1n) is 26.0. The largest absolute Gasteiger partial charge is 0.469 e. The predicted octanol–water partition coefficient (Wildman–Crippen LogP) is 10.5. The van der Waals surface area contributed by atoms with Gasteiger partial charge in [-0.15, -0.1) is 0 Å². The third-order valence-electron chi connectivity index (χ3n) is 12.1. The van der Waals surface area contributed by atoms with Crippen LogP contribution in [0.25, 0.3) is 0 Å². The number of nitrogens with zero attached hydrogens (tertiary/aromatic N) is 1. The van der Waals surface area contributed by atoms with Crippen molar-refractivity contribution in [3.63, 3.8) is 0 Å². The molecule has 0 spiro atoms. The highest BCUT2D eigenvalue weighted by Crippen LogP contribution is 2.24. The molecule has 0 aromatic heterocycles. The fourth-order valence-corrected chi connectivity index (χ4v) is 7.56. The zero-order valence-electron chi connectivity index (χ0n) is 42.7. The minimum atomic E-state index is -1.30. The zero-order valence-corrected chi connectivity index (χ0v) is 42.7. The van der Waals surface area contributed by atoms with Crippen LogP contribution in [0.15, 0.2) is 0 Å². The second-order valence-corrected chi connectivity index (χ2v) is 18.0. The Morgan fingerprint density at radius 3 is 0.701 bits per heavy atom. The summed E-state index contributed by atoms with van der Waals surface area (Å²) in [6.45, 7) is 5.58. The molecule has 0 radical (unpaired) electrons. The summed E-state index contributed by atoms with van der Waals surface area (Å²) in [5.74, 6) is -2.26. The fraction of sp³-hybridized carbons (Fsp3) is 0.865. The first kappa shape index (κ1) is 63.2. The molecule has 0 atom stereocenters. The molecule has 0 heterocycles. The molecule has 67 heavy (non-hydrogen) atoms. The van der Waals surface area contributed by atoms with Crippen molar-refractivity contribution < 1.29 is 66.7 Å². The van der Waals surface area contributed by atoms with E-state index in [1.165, 1.54) is 21.3 Å². The molecule has 0 rings (SSSR count). The Morgan fingerprint density at radius 2 is 0.493 bits per heavy atom. The third-order valence-corrected chi connectivity index (χ3v) is 12.1. The summed E-state index contributed by atoms with van der Waals surface area (Å²) < 4.78 is 37.3. The van der Waals surface area contributed by atoms with E-state index in [0.29, 0.717) is 44.9 Å². The van der Waals surface area contributed by atoms with Crippen molar-refractivity contribution in [2.24, 2.45) is 5.41 Å². The van der Waals surface area contributed by atoms with Gasteiger partial charge in [0, 0.05) is 44.9 Å². The fourth-order valence-electron chi connectivity index (χ4n) is 7.56. The van der Waals surface area contributed by atoms with E-state index in [0.717, 1.165) is 154 Å². The molecule has 0 amide bonds. The van der Waals surface area contributed by atoms with Gasteiger partial charge < -0.3 is 38.1 Å². The molecular weight excluding hydrogens is 863 g/mol. The van der Waals surface area contributed by atoms with Crippen molar-refractivity contribution in [2.75, 3.05) is 67.4 Å². The van der Waals surface area contributed by atoms with E-state index in [9.17, 15) is 33.6 Å². The molecule has 0 aliphatic rings. The monoisotopic (exact) mass is 956 g/mol. The van der Waals surface area contributed by atoms with Gasteiger partial charge in [-0.25, -0.2) is 0 Å². The number of carbonyl (C=O) groups excluding carboxylic acids is 7. The van der Waals surface area contributed by atoms with Gasteiger partial charge in [0.1, 0.15) is 31.8 Å². The highest BCUT2D eigenvalue weighted by molar-refractivity contribution is 5.71. The van der Waals surface area contributed by atoms with Gasteiger partial charge in [0.25, 0.3) is 0 Å². The quantitative estimate of drug-likeness (QED) is 0.0318. The summed E-state index contributed by atoms with van der Waals surface area (Å²) >= 11 is 0. The van der Waals surface area contributed by atoms with E-state index < -0.39 is 29.3 Å². The maximum Gasteiger partial charge on any atom is 0.305 e. The number of methoxy groups -OCH3 is 3. The summed E-state index contributed by atoms with van der Waals surface area (Å²) in [4.78, 5) is 88.5. The average molecular weight is 956 g/mol. The lowest BCUT2D eigenvalue weighted by Crippen LogP contribution is -2.44. The van der Waals surface area contributed by atoms with Crippen LogP contribution in [-0.4, -0.2) is 114 Å². The van der Waals surface area contributed by atoms with Crippen molar-refractivity contribution in [3.8, 4) is 0 Å². The normalized spacial score (nSPS) is 11.3. The number of hydrogen-bond donors (Lipinski definition) is 0. The second-order valence-electron chi connectivity index (χ2n) is 18.0. The van der Waals surface area contributed by atoms with Crippen molar-refractivity contribution in [1.82, 2.24) is 4.90 Å². The van der Waals surface area contributed by atoms with Gasteiger partial charge in [-0.05, 0) is 64.6 Å². The standard InChI is InChI=1S/C52H93NO14/c1-6-53(7-2)40-32-39-51(60)67-44-52(41-64-48(57)36-29-23-17-11-8-14-20-26-33-45(54)61-3,42-65-49(58)37-30-24-18-12-9-15-21-27-34-46(55)62-4)43-66-50(59)38-31-25-19-13-10-16-22-28-35-47(56)63-5/h6-44H2,1-5H3. The molecule has 15 heteroatoms. The van der Waals surface area contributed by atoms with E-state index in [1.54, 1.807) is 0 Å². The SMILES string of the molecule is CCN(CC)CCCC(=O)OCC(COC(=O)CCCCCCCCCCC(=O)OC)(COC(=O)CCCCCCCCCCC(=O)OC)COC(=O)CCCCCCCCCCC(=O)OC. The van der Waals surface area contributed by atoms with E-state index in [2.05, 4.69) is 18.7 Å². The minimum Gasteiger partial charge on any atom is -0.469 e. The molecule has 0 saturated heterocycles. The molecular formula is C52H93NO14. The Kier molecular flexibility index (Phi) is 42.2. The molecule has 0 bridgehead atoms. The summed E-state index contributed by atoms with van der Waals surface area (Å²) in [7, 11) is 4.20. The van der Waals surface area contributed by atoms with Crippen LogP contribution in [-0.2, 0) is 66.7 Å². The molecule has 0 unspecified atom stereocenters. The first-order valence-corrected chi connectivity index (χ1v) is 26.0. The van der Waals surface area contributed by atoms with Crippen molar-refractivity contribution in [2.45, 2.75) is 219 Å².